The van der Waals surface area contributed by atoms with Crippen molar-refractivity contribution in [2.24, 2.45) is 5.92 Å². The van der Waals surface area contributed by atoms with Gasteiger partial charge in [-0.1, -0.05) is 26.8 Å². The standard InChI is InChI=1S/C19H30N2O2/c1-4-10-21-11-8-17(9-12-21)20-19(22)16-6-5-7-18(13-16)23-14-15(2)3/h5-7,13,15,17H,4,8-12,14H2,1-3H3,(H,20,22). The quantitative estimate of drug-likeness (QED) is 0.838. The van der Waals surface area contributed by atoms with E-state index in [1.807, 2.05) is 24.3 Å². The highest BCUT2D eigenvalue weighted by Gasteiger charge is 2.20. The van der Waals surface area contributed by atoms with Gasteiger partial charge in [0.1, 0.15) is 5.75 Å². The van der Waals surface area contributed by atoms with E-state index in [1.54, 1.807) is 0 Å². The number of carbonyl (C=O) groups is 1. The van der Waals surface area contributed by atoms with Crippen molar-refractivity contribution in [2.45, 2.75) is 46.1 Å². The summed E-state index contributed by atoms with van der Waals surface area (Å²) < 4.78 is 5.70. The van der Waals surface area contributed by atoms with E-state index in [0.29, 0.717) is 18.1 Å². The van der Waals surface area contributed by atoms with E-state index in [4.69, 9.17) is 4.74 Å². The lowest BCUT2D eigenvalue weighted by Crippen LogP contribution is -2.44. The Bertz CT molecular complexity index is 494. The molecule has 0 aliphatic carbocycles. The monoisotopic (exact) mass is 318 g/mol. The highest BCUT2D eigenvalue weighted by molar-refractivity contribution is 5.94. The molecule has 0 aromatic heterocycles. The van der Waals surface area contributed by atoms with Crippen LogP contribution in [0.2, 0.25) is 0 Å². The third-order valence-corrected chi connectivity index (χ3v) is 4.14. The van der Waals surface area contributed by atoms with Crippen LogP contribution in [0.4, 0.5) is 0 Å². The van der Waals surface area contributed by atoms with E-state index in [-0.39, 0.29) is 11.9 Å². The second-order valence-electron chi connectivity index (χ2n) is 6.82. The highest BCUT2D eigenvalue weighted by atomic mass is 16.5. The molecule has 1 fully saturated rings. The normalized spacial score (nSPS) is 16.5. The van der Waals surface area contributed by atoms with Gasteiger partial charge in [-0.15, -0.1) is 0 Å². The fourth-order valence-electron chi connectivity index (χ4n) is 2.88. The van der Waals surface area contributed by atoms with Crippen molar-refractivity contribution < 1.29 is 9.53 Å². The van der Waals surface area contributed by atoms with Gasteiger partial charge < -0.3 is 15.0 Å². The minimum absolute atomic E-state index is 0.00828. The largest absolute Gasteiger partial charge is 0.493 e. The molecule has 0 atom stereocenters. The molecule has 1 saturated heterocycles. The number of hydrogen-bond acceptors (Lipinski definition) is 3. The first kappa shape index (κ1) is 17.8. The Morgan fingerprint density at radius 3 is 2.74 bits per heavy atom. The SMILES string of the molecule is CCCN1CCC(NC(=O)c2cccc(OCC(C)C)c2)CC1. The number of piperidine rings is 1. The van der Waals surface area contributed by atoms with Crippen molar-refractivity contribution in [3.63, 3.8) is 0 Å². The van der Waals surface area contributed by atoms with Gasteiger partial charge in [-0.25, -0.2) is 0 Å². The fourth-order valence-corrected chi connectivity index (χ4v) is 2.88. The molecule has 0 bridgehead atoms. The van der Waals surface area contributed by atoms with Crippen LogP contribution in [-0.2, 0) is 0 Å². The Morgan fingerprint density at radius 1 is 1.35 bits per heavy atom. The van der Waals surface area contributed by atoms with Crippen molar-refractivity contribution in [1.82, 2.24) is 10.2 Å². The van der Waals surface area contributed by atoms with Crippen LogP contribution in [-0.4, -0.2) is 43.1 Å². The minimum atomic E-state index is 0.00828. The second kappa shape index (κ2) is 8.92. The molecular weight excluding hydrogens is 288 g/mol. The van der Waals surface area contributed by atoms with Gasteiger partial charge in [-0.3, -0.25) is 4.79 Å². The summed E-state index contributed by atoms with van der Waals surface area (Å²) in [6, 6.07) is 7.76. The summed E-state index contributed by atoms with van der Waals surface area (Å²) in [5, 5.41) is 3.17. The van der Waals surface area contributed by atoms with Crippen molar-refractivity contribution in [2.75, 3.05) is 26.2 Å². The predicted molar refractivity (Wildman–Crippen MR) is 94.0 cm³/mol. The van der Waals surface area contributed by atoms with Crippen molar-refractivity contribution in [3.05, 3.63) is 29.8 Å². The van der Waals surface area contributed by atoms with Crippen LogP contribution in [0.5, 0.6) is 5.75 Å². The van der Waals surface area contributed by atoms with Crippen molar-refractivity contribution in [1.29, 1.82) is 0 Å². The van der Waals surface area contributed by atoms with Crippen LogP contribution in [0.1, 0.15) is 50.4 Å². The van der Waals surface area contributed by atoms with Crippen LogP contribution in [0, 0.1) is 5.92 Å². The van der Waals surface area contributed by atoms with Gasteiger partial charge in [-0.05, 0) is 49.9 Å². The Labute approximate surface area is 140 Å². The van der Waals surface area contributed by atoms with Crippen molar-refractivity contribution in [3.8, 4) is 5.75 Å². The van der Waals surface area contributed by atoms with E-state index in [1.165, 1.54) is 6.42 Å². The number of ether oxygens (including phenoxy) is 1. The Kier molecular flexibility index (Phi) is 6.90. The minimum Gasteiger partial charge on any atom is -0.493 e. The number of hydrogen-bond donors (Lipinski definition) is 1. The predicted octanol–water partition coefficient (Wildman–Crippen LogP) is 3.33. The molecule has 128 valence electrons. The van der Waals surface area contributed by atoms with Gasteiger partial charge in [0.05, 0.1) is 6.61 Å². The molecule has 1 aliphatic rings. The lowest BCUT2D eigenvalue weighted by Gasteiger charge is -2.32. The van der Waals surface area contributed by atoms with Gasteiger partial charge in [0.15, 0.2) is 0 Å². The van der Waals surface area contributed by atoms with Crippen LogP contribution < -0.4 is 10.1 Å². The number of amides is 1. The molecule has 1 N–H and O–H groups in total. The van der Waals surface area contributed by atoms with Gasteiger partial charge >= 0.3 is 0 Å². The lowest BCUT2D eigenvalue weighted by molar-refractivity contribution is 0.0910. The molecule has 1 aromatic carbocycles. The summed E-state index contributed by atoms with van der Waals surface area (Å²) in [6.07, 6.45) is 3.27. The van der Waals surface area contributed by atoms with E-state index < -0.39 is 0 Å². The molecule has 2 rings (SSSR count). The Morgan fingerprint density at radius 2 is 2.09 bits per heavy atom. The number of rotatable bonds is 7. The van der Waals surface area contributed by atoms with E-state index in [0.717, 1.165) is 38.2 Å². The molecular formula is C19H30N2O2. The van der Waals surface area contributed by atoms with E-state index in [9.17, 15) is 4.79 Å². The summed E-state index contributed by atoms with van der Waals surface area (Å²) in [7, 11) is 0. The van der Waals surface area contributed by atoms with Gasteiger partial charge in [0, 0.05) is 24.7 Å². The van der Waals surface area contributed by atoms with Gasteiger partial charge in [-0.2, -0.15) is 0 Å². The first-order chi connectivity index (χ1) is 11.1. The zero-order chi connectivity index (χ0) is 16.7. The maximum Gasteiger partial charge on any atom is 0.251 e. The van der Waals surface area contributed by atoms with E-state index >= 15 is 0 Å². The number of likely N-dealkylation sites (tertiary alicyclic amines) is 1. The molecule has 4 heteroatoms. The lowest BCUT2D eigenvalue weighted by atomic mass is 10.0. The number of benzene rings is 1. The second-order valence-corrected chi connectivity index (χ2v) is 6.82. The zero-order valence-corrected chi connectivity index (χ0v) is 14.7. The first-order valence-corrected chi connectivity index (χ1v) is 8.84. The third kappa shape index (κ3) is 5.87. The van der Waals surface area contributed by atoms with Crippen molar-refractivity contribution >= 4 is 5.91 Å². The van der Waals surface area contributed by atoms with Crippen LogP contribution >= 0.6 is 0 Å². The average Bonchev–Trinajstić information content (AvgIpc) is 2.55. The summed E-state index contributed by atoms with van der Waals surface area (Å²) in [5.74, 6) is 1.25. The topological polar surface area (TPSA) is 41.6 Å². The maximum atomic E-state index is 12.4. The molecule has 0 radical (unpaired) electrons. The smallest absolute Gasteiger partial charge is 0.251 e. The molecule has 0 unspecified atom stereocenters. The Hall–Kier alpha value is -1.55. The molecule has 0 saturated carbocycles. The van der Waals surface area contributed by atoms with Crippen LogP contribution in [0.3, 0.4) is 0 Å². The summed E-state index contributed by atoms with van der Waals surface area (Å²) in [6.45, 7) is 10.4. The van der Waals surface area contributed by atoms with Crippen LogP contribution in [0.15, 0.2) is 24.3 Å². The average molecular weight is 318 g/mol. The molecule has 1 aliphatic heterocycles. The zero-order valence-electron chi connectivity index (χ0n) is 14.7. The molecule has 1 aromatic rings. The summed E-state index contributed by atoms with van der Waals surface area (Å²) in [4.78, 5) is 14.9. The molecule has 1 heterocycles. The van der Waals surface area contributed by atoms with Crippen LogP contribution in [0.25, 0.3) is 0 Å². The third-order valence-electron chi connectivity index (χ3n) is 4.14. The van der Waals surface area contributed by atoms with E-state index in [2.05, 4.69) is 31.0 Å². The highest BCUT2D eigenvalue weighted by Crippen LogP contribution is 2.16. The Balaban J connectivity index is 1.85. The number of carbonyl (C=O) groups excluding carboxylic acids is 1. The maximum absolute atomic E-state index is 12.4. The fraction of sp³-hybridized carbons (Fsp3) is 0.632. The van der Waals surface area contributed by atoms with Gasteiger partial charge in [0.2, 0.25) is 0 Å². The number of nitrogens with zero attached hydrogens (tertiary/aromatic N) is 1. The summed E-state index contributed by atoms with van der Waals surface area (Å²) >= 11 is 0. The number of nitrogens with one attached hydrogen (secondary N) is 1. The molecule has 1 amide bonds. The molecule has 23 heavy (non-hydrogen) atoms. The first-order valence-electron chi connectivity index (χ1n) is 8.84. The summed E-state index contributed by atoms with van der Waals surface area (Å²) in [5.41, 5.74) is 0.683. The molecule has 4 nitrogen and oxygen atoms in total. The van der Waals surface area contributed by atoms with Gasteiger partial charge in [0.25, 0.3) is 5.91 Å². The molecule has 0 spiro atoms.